The van der Waals surface area contributed by atoms with E-state index in [9.17, 15) is 4.79 Å². The number of carbonyl (C=O) groups excluding carboxylic acids is 1. The number of piperidine rings is 1. The van der Waals surface area contributed by atoms with Crippen molar-refractivity contribution in [1.29, 1.82) is 0 Å². The highest BCUT2D eigenvalue weighted by Crippen LogP contribution is 2.59. The number of halogens is 2. The maximum absolute atomic E-state index is 12.7. The van der Waals surface area contributed by atoms with Crippen LogP contribution in [0.5, 0.6) is 0 Å². The molecular formula is C16H26Cl2N4O2. The van der Waals surface area contributed by atoms with Crippen molar-refractivity contribution >= 4 is 30.7 Å². The first-order valence-corrected chi connectivity index (χ1v) is 8.38. The van der Waals surface area contributed by atoms with Gasteiger partial charge in [-0.3, -0.25) is 9.69 Å². The average Bonchev–Trinajstić information content (AvgIpc) is 2.99. The van der Waals surface area contributed by atoms with Gasteiger partial charge >= 0.3 is 0 Å². The highest BCUT2D eigenvalue weighted by Gasteiger charge is 2.58. The minimum absolute atomic E-state index is 0. The van der Waals surface area contributed by atoms with Gasteiger partial charge in [-0.05, 0) is 37.8 Å². The second-order valence-electron chi connectivity index (χ2n) is 6.96. The van der Waals surface area contributed by atoms with E-state index in [4.69, 9.17) is 4.52 Å². The molecule has 3 aliphatic rings. The van der Waals surface area contributed by atoms with Crippen molar-refractivity contribution in [3.63, 3.8) is 0 Å². The summed E-state index contributed by atoms with van der Waals surface area (Å²) in [6.45, 7) is 6.53. The monoisotopic (exact) mass is 376 g/mol. The number of aromatic nitrogens is 1. The summed E-state index contributed by atoms with van der Waals surface area (Å²) in [5.74, 6) is 0.708. The van der Waals surface area contributed by atoms with Crippen LogP contribution < -0.4 is 5.32 Å². The van der Waals surface area contributed by atoms with E-state index in [1.165, 1.54) is 12.8 Å². The molecular weight excluding hydrogens is 351 g/mol. The second-order valence-corrected chi connectivity index (χ2v) is 6.96. The van der Waals surface area contributed by atoms with E-state index in [-0.39, 0.29) is 24.8 Å². The molecule has 6 nitrogen and oxygen atoms in total. The van der Waals surface area contributed by atoms with Crippen LogP contribution in [-0.2, 0) is 11.3 Å². The molecule has 0 aromatic carbocycles. The second kappa shape index (κ2) is 8.04. The van der Waals surface area contributed by atoms with Crippen molar-refractivity contribution < 1.29 is 9.32 Å². The van der Waals surface area contributed by atoms with Gasteiger partial charge in [0.2, 0.25) is 5.91 Å². The van der Waals surface area contributed by atoms with Gasteiger partial charge in [-0.1, -0.05) is 5.16 Å². The van der Waals surface area contributed by atoms with Gasteiger partial charge in [-0.15, -0.1) is 24.8 Å². The third kappa shape index (κ3) is 3.87. The number of nitrogens with one attached hydrogen (secondary N) is 1. The van der Waals surface area contributed by atoms with E-state index < -0.39 is 0 Å². The van der Waals surface area contributed by atoms with Crippen LogP contribution in [0.25, 0.3) is 0 Å². The molecule has 136 valence electrons. The van der Waals surface area contributed by atoms with Crippen LogP contribution >= 0.6 is 24.8 Å². The molecule has 0 radical (unpaired) electrons. The maximum atomic E-state index is 12.7. The van der Waals surface area contributed by atoms with Crippen molar-refractivity contribution in [1.82, 2.24) is 20.3 Å². The van der Waals surface area contributed by atoms with Crippen molar-refractivity contribution in [3.05, 3.63) is 18.0 Å². The first-order chi connectivity index (χ1) is 10.8. The Morgan fingerprint density at radius 3 is 2.58 bits per heavy atom. The lowest BCUT2D eigenvalue weighted by Gasteiger charge is -2.35. The maximum Gasteiger partial charge on any atom is 0.226 e. The number of piperazine rings is 1. The first-order valence-electron chi connectivity index (χ1n) is 8.38. The normalized spacial score (nSPS) is 25.7. The van der Waals surface area contributed by atoms with Crippen LogP contribution in [0.1, 0.15) is 25.0 Å². The SMILES string of the molecule is Cl.Cl.O=C(C1CC12CCNCC2)N1CCN(Cc2ccon2)CC1. The molecule has 1 saturated carbocycles. The van der Waals surface area contributed by atoms with Crippen molar-refractivity contribution in [2.45, 2.75) is 25.8 Å². The molecule has 1 unspecified atom stereocenters. The number of amides is 1. The Kier molecular flexibility index (Phi) is 6.53. The molecule has 3 fully saturated rings. The topological polar surface area (TPSA) is 61.6 Å². The minimum Gasteiger partial charge on any atom is -0.364 e. The summed E-state index contributed by atoms with van der Waals surface area (Å²) < 4.78 is 4.87. The molecule has 4 rings (SSSR count). The van der Waals surface area contributed by atoms with Crippen LogP contribution in [0.3, 0.4) is 0 Å². The van der Waals surface area contributed by atoms with E-state index in [0.717, 1.165) is 57.9 Å². The van der Waals surface area contributed by atoms with Crippen molar-refractivity contribution in [2.24, 2.45) is 11.3 Å². The average molecular weight is 377 g/mol. The summed E-state index contributed by atoms with van der Waals surface area (Å²) in [7, 11) is 0. The van der Waals surface area contributed by atoms with Gasteiger partial charge in [-0.2, -0.15) is 0 Å². The largest absolute Gasteiger partial charge is 0.364 e. The standard InChI is InChI=1S/C16H24N4O2.2ClH/c21-15(14-11-16(14)2-4-17-5-3-16)20-8-6-19(7-9-20)12-13-1-10-22-18-13;;/h1,10,14,17H,2-9,11-12H2;2*1H. The lowest BCUT2D eigenvalue weighted by molar-refractivity contribution is -0.135. The van der Waals surface area contributed by atoms with Crippen molar-refractivity contribution in [3.8, 4) is 0 Å². The molecule has 24 heavy (non-hydrogen) atoms. The fraction of sp³-hybridized carbons (Fsp3) is 0.750. The Balaban J connectivity index is 0.00000104. The summed E-state index contributed by atoms with van der Waals surface area (Å²) in [6, 6.07) is 1.91. The molecule has 1 amide bonds. The Bertz CT molecular complexity index is 526. The Morgan fingerprint density at radius 2 is 1.96 bits per heavy atom. The van der Waals surface area contributed by atoms with Gasteiger partial charge in [0.25, 0.3) is 0 Å². The Labute approximate surface area is 155 Å². The highest BCUT2D eigenvalue weighted by atomic mass is 35.5. The van der Waals surface area contributed by atoms with Gasteiger partial charge in [-0.25, -0.2) is 0 Å². The molecule has 1 atom stereocenters. The van der Waals surface area contributed by atoms with E-state index >= 15 is 0 Å². The summed E-state index contributed by atoms with van der Waals surface area (Å²) in [5, 5.41) is 7.36. The van der Waals surface area contributed by atoms with Gasteiger partial charge in [0.1, 0.15) is 6.26 Å². The van der Waals surface area contributed by atoms with Gasteiger partial charge < -0.3 is 14.7 Å². The molecule has 8 heteroatoms. The summed E-state index contributed by atoms with van der Waals surface area (Å²) in [4.78, 5) is 17.1. The lowest BCUT2D eigenvalue weighted by atomic mass is 9.91. The van der Waals surface area contributed by atoms with Crippen LogP contribution in [0, 0.1) is 11.3 Å². The fourth-order valence-electron chi connectivity index (χ4n) is 4.07. The van der Waals surface area contributed by atoms with Crippen molar-refractivity contribution in [2.75, 3.05) is 39.3 Å². The molecule has 1 aromatic rings. The molecule has 0 bridgehead atoms. The Hall–Kier alpha value is -0.820. The molecule has 1 aromatic heterocycles. The zero-order valence-corrected chi connectivity index (χ0v) is 15.4. The zero-order chi connectivity index (χ0) is 15.0. The first kappa shape index (κ1) is 19.5. The van der Waals surface area contributed by atoms with Crippen LogP contribution in [0.4, 0.5) is 0 Å². The summed E-state index contributed by atoms with van der Waals surface area (Å²) in [6.07, 6.45) is 5.08. The number of rotatable bonds is 3. The molecule has 1 N–H and O–H groups in total. The third-order valence-electron chi connectivity index (χ3n) is 5.65. The van der Waals surface area contributed by atoms with Crippen LogP contribution in [-0.4, -0.2) is 60.1 Å². The predicted molar refractivity (Wildman–Crippen MR) is 95.5 cm³/mol. The highest BCUT2D eigenvalue weighted by molar-refractivity contribution is 5.85. The van der Waals surface area contributed by atoms with Gasteiger partial charge in [0.05, 0.1) is 5.69 Å². The van der Waals surface area contributed by atoms with Gasteiger partial charge in [0.15, 0.2) is 0 Å². The third-order valence-corrected chi connectivity index (χ3v) is 5.65. The van der Waals surface area contributed by atoms with E-state index in [2.05, 4.69) is 20.3 Å². The molecule has 2 aliphatic heterocycles. The molecule has 1 spiro atoms. The predicted octanol–water partition coefficient (Wildman–Crippen LogP) is 1.55. The van der Waals surface area contributed by atoms with Crippen LogP contribution in [0.15, 0.2) is 16.9 Å². The fourth-order valence-corrected chi connectivity index (χ4v) is 4.07. The molecule has 3 heterocycles. The smallest absolute Gasteiger partial charge is 0.226 e. The Morgan fingerprint density at radius 1 is 1.25 bits per heavy atom. The zero-order valence-electron chi connectivity index (χ0n) is 13.8. The minimum atomic E-state index is 0. The molecule has 2 saturated heterocycles. The number of carbonyl (C=O) groups is 1. The summed E-state index contributed by atoms with van der Waals surface area (Å²) in [5.41, 5.74) is 1.32. The molecule has 1 aliphatic carbocycles. The van der Waals surface area contributed by atoms with E-state index in [1.807, 2.05) is 6.07 Å². The van der Waals surface area contributed by atoms with Crippen LogP contribution in [0.2, 0.25) is 0 Å². The number of hydrogen-bond acceptors (Lipinski definition) is 5. The lowest BCUT2D eigenvalue weighted by Crippen LogP contribution is -2.49. The quantitative estimate of drug-likeness (QED) is 0.866. The van der Waals surface area contributed by atoms with E-state index in [0.29, 0.717) is 17.2 Å². The number of nitrogens with zero attached hydrogens (tertiary/aromatic N) is 3. The van der Waals surface area contributed by atoms with Gasteiger partial charge in [0, 0.05) is 44.7 Å². The summed E-state index contributed by atoms with van der Waals surface area (Å²) >= 11 is 0. The van der Waals surface area contributed by atoms with E-state index in [1.54, 1.807) is 6.26 Å². The number of hydrogen-bond donors (Lipinski definition) is 1.